The normalized spacial score (nSPS) is 12.3. The summed E-state index contributed by atoms with van der Waals surface area (Å²) < 4.78 is 0. The molecule has 3 aromatic rings. The van der Waals surface area contributed by atoms with E-state index in [-0.39, 0.29) is 11.2 Å². The lowest BCUT2D eigenvalue weighted by Gasteiger charge is -2.15. The largest absolute Gasteiger partial charge is 0.332 e. The maximum atomic E-state index is 12.6. The van der Waals surface area contributed by atoms with Crippen LogP contribution in [0.25, 0.3) is 11.0 Å². The van der Waals surface area contributed by atoms with Gasteiger partial charge >= 0.3 is 0 Å². The van der Waals surface area contributed by atoms with E-state index in [1.165, 1.54) is 11.8 Å². The minimum atomic E-state index is -0.210. The number of hydrogen-bond donors (Lipinski definition) is 2. The number of nitrogens with zero attached hydrogens (tertiary/aromatic N) is 2. The Morgan fingerprint density at radius 1 is 1.33 bits per heavy atom. The smallest absolute Gasteiger partial charge is 0.237 e. The number of pyridine rings is 1. The number of nitrogens with one attached hydrogen (secondary N) is 2. The molecule has 0 aliphatic heterocycles. The Labute approximate surface area is 145 Å². The van der Waals surface area contributed by atoms with Crippen LogP contribution >= 0.6 is 11.8 Å². The van der Waals surface area contributed by atoms with Crippen molar-refractivity contribution in [1.82, 2.24) is 15.0 Å². The van der Waals surface area contributed by atoms with E-state index in [0.29, 0.717) is 0 Å². The molecule has 1 amide bonds. The summed E-state index contributed by atoms with van der Waals surface area (Å²) in [6.07, 6.45) is 4.17. The minimum Gasteiger partial charge on any atom is -0.332 e. The topological polar surface area (TPSA) is 70.7 Å². The van der Waals surface area contributed by atoms with Crippen molar-refractivity contribution in [2.24, 2.45) is 0 Å². The molecule has 2 heterocycles. The number of aromatic amines is 1. The molecule has 24 heavy (non-hydrogen) atoms. The zero-order valence-corrected chi connectivity index (χ0v) is 14.8. The molecule has 0 saturated carbocycles. The number of benzene rings is 1. The molecule has 0 saturated heterocycles. The summed E-state index contributed by atoms with van der Waals surface area (Å²) in [7, 11) is 0. The molecule has 0 fully saturated rings. The Morgan fingerprint density at radius 3 is 2.92 bits per heavy atom. The maximum Gasteiger partial charge on any atom is 0.237 e. The fourth-order valence-corrected chi connectivity index (χ4v) is 3.35. The van der Waals surface area contributed by atoms with Crippen LogP contribution in [-0.2, 0) is 4.79 Å². The Hall–Kier alpha value is -2.34. The van der Waals surface area contributed by atoms with Gasteiger partial charge in [-0.25, -0.2) is 4.98 Å². The number of thioether (sulfide) groups is 1. The molecule has 5 nitrogen and oxygen atoms in total. The van der Waals surface area contributed by atoms with Crippen LogP contribution in [0.2, 0.25) is 0 Å². The number of H-pyrrole nitrogens is 1. The average molecular weight is 340 g/mol. The van der Waals surface area contributed by atoms with Gasteiger partial charge in [0.15, 0.2) is 5.16 Å². The lowest BCUT2D eigenvalue weighted by molar-refractivity contribution is -0.115. The van der Waals surface area contributed by atoms with E-state index in [1.807, 2.05) is 45.0 Å². The highest BCUT2D eigenvalue weighted by Crippen LogP contribution is 2.26. The first-order valence-corrected chi connectivity index (χ1v) is 8.79. The summed E-state index contributed by atoms with van der Waals surface area (Å²) in [4.78, 5) is 24.4. The summed E-state index contributed by atoms with van der Waals surface area (Å²) in [5.74, 6) is -0.00483. The second-order valence-electron chi connectivity index (χ2n) is 5.76. The van der Waals surface area contributed by atoms with Gasteiger partial charge in [0.1, 0.15) is 0 Å². The second-order valence-corrected chi connectivity index (χ2v) is 6.95. The maximum absolute atomic E-state index is 12.6. The highest BCUT2D eigenvalue weighted by atomic mass is 32.2. The number of fused-ring (bicyclic) bond motifs is 1. The predicted molar refractivity (Wildman–Crippen MR) is 98.4 cm³/mol. The van der Waals surface area contributed by atoms with Crippen molar-refractivity contribution in [3.8, 4) is 0 Å². The Kier molecular flexibility index (Phi) is 4.85. The van der Waals surface area contributed by atoms with Gasteiger partial charge in [-0.1, -0.05) is 30.8 Å². The van der Waals surface area contributed by atoms with Crippen LogP contribution in [-0.4, -0.2) is 26.1 Å². The molecule has 0 unspecified atom stereocenters. The molecule has 0 bridgehead atoms. The summed E-state index contributed by atoms with van der Waals surface area (Å²) in [5, 5.41) is 3.57. The van der Waals surface area contributed by atoms with Crippen LogP contribution in [0.5, 0.6) is 0 Å². The number of carbonyl (C=O) groups excluding carboxylic acids is 1. The number of imidazole rings is 1. The van der Waals surface area contributed by atoms with Gasteiger partial charge in [0.25, 0.3) is 0 Å². The molecular weight excluding hydrogens is 320 g/mol. The van der Waals surface area contributed by atoms with Crippen molar-refractivity contribution in [2.45, 2.75) is 37.6 Å². The minimum absolute atomic E-state index is 0.00483. The van der Waals surface area contributed by atoms with Crippen molar-refractivity contribution in [3.05, 3.63) is 47.8 Å². The third-order valence-electron chi connectivity index (χ3n) is 3.83. The van der Waals surface area contributed by atoms with Crippen LogP contribution < -0.4 is 5.32 Å². The molecule has 2 N–H and O–H groups in total. The van der Waals surface area contributed by atoms with Crippen molar-refractivity contribution in [3.63, 3.8) is 0 Å². The number of hydrogen-bond acceptors (Lipinski definition) is 4. The molecule has 6 heteroatoms. The number of rotatable bonds is 5. The molecule has 2 aromatic heterocycles. The highest BCUT2D eigenvalue weighted by molar-refractivity contribution is 8.00. The second kappa shape index (κ2) is 7.05. The number of amides is 1. The van der Waals surface area contributed by atoms with Crippen molar-refractivity contribution in [1.29, 1.82) is 0 Å². The molecule has 1 aromatic carbocycles. The van der Waals surface area contributed by atoms with Crippen LogP contribution in [0.1, 0.15) is 24.5 Å². The van der Waals surface area contributed by atoms with Gasteiger partial charge in [0.2, 0.25) is 5.91 Å². The molecule has 3 rings (SSSR count). The van der Waals surface area contributed by atoms with Gasteiger partial charge in [-0.2, -0.15) is 0 Å². The van der Waals surface area contributed by atoms with E-state index in [9.17, 15) is 4.79 Å². The Balaban J connectivity index is 1.75. The Morgan fingerprint density at radius 2 is 2.17 bits per heavy atom. The van der Waals surface area contributed by atoms with E-state index in [2.05, 4.69) is 20.3 Å². The van der Waals surface area contributed by atoms with Gasteiger partial charge in [0, 0.05) is 11.9 Å². The van der Waals surface area contributed by atoms with E-state index in [0.717, 1.165) is 39.4 Å². The van der Waals surface area contributed by atoms with Crippen molar-refractivity contribution >= 4 is 34.4 Å². The van der Waals surface area contributed by atoms with Crippen molar-refractivity contribution in [2.75, 3.05) is 5.32 Å². The first kappa shape index (κ1) is 16.5. The first-order valence-electron chi connectivity index (χ1n) is 7.91. The molecule has 124 valence electrons. The third kappa shape index (κ3) is 3.59. The molecule has 1 atom stereocenters. The van der Waals surface area contributed by atoms with Crippen LogP contribution in [0.4, 0.5) is 5.69 Å². The van der Waals surface area contributed by atoms with Crippen LogP contribution in [0.3, 0.4) is 0 Å². The van der Waals surface area contributed by atoms with E-state index in [4.69, 9.17) is 0 Å². The summed E-state index contributed by atoms with van der Waals surface area (Å²) in [6, 6.07) is 7.91. The van der Waals surface area contributed by atoms with E-state index in [1.54, 1.807) is 12.4 Å². The number of anilines is 1. The fourth-order valence-electron chi connectivity index (χ4n) is 2.43. The molecule has 0 spiro atoms. The van der Waals surface area contributed by atoms with Gasteiger partial charge in [-0.15, -0.1) is 0 Å². The van der Waals surface area contributed by atoms with E-state index < -0.39 is 0 Å². The highest BCUT2D eigenvalue weighted by Gasteiger charge is 2.20. The van der Waals surface area contributed by atoms with Gasteiger partial charge in [0.05, 0.1) is 22.5 Å². The lowest BCUT2D eigenvalue weighted by Crippen LogP contribution is -2.25. The standard InChI is InChI=1S/C18H20N4OS/c1-4-16(17(23)20-14-9-11(2)5-6-12(14)3)24-18-21-13-7-8-19-10-15(13)22-18/h5-10,16H,4H2,1-3H3,(H,20,23)(H,21,22)/t16-/m0/s1. The molecule has 0 aliphatic rings. The third-order valence-corrected chi connectivity index (χ3v) is 5.08. The number of aryl methyl sites for hydroxylation is 2. The van der Waals surface area contributed by atoms with Gasteiger partial charge in [-0.05, 0) is 43.5 Å². The lowest BCUT2D eigenvalue weighted by atomic mass is 10.1. The first-order chi connectivity index (χ1) is 11.6. The Bertz CT molecular complexity index is 841. The van der Waals surface area contributed by atoms with E-state index >= 15 is 0 Å². The fraction of sp³-hybridized carbons (Fsp3) is 0.278. The van der Waals surface area contributed by atoms with Crippen LogP contribution in [0.15, 0.2) is 41.8 Å². The zero-order valence-electron chi connectivity index (χ0n) is 14.0. The zero-order chi connectivity index (χ0) is 17.1. The SMILES string of the molecule is CC[C@H](Sc1nc2ccncc2[nH]1)C(=O)Nc1cc(C)ccc1C. The summed E-state index contributed by atoms with van der Waals surface area (Å²) in [5.41, 5.74) is 4.79. The average Bonchev–Trinajstić information content (AvgIpc) is 2.98. The molecule has 0 radical (unpaired) electrons. The number of aromatic nitrogens is 3. The molecule has 0 aliphatic carbocycles. The predicted octanol–water partition coefficient (Wildman–Crippen LogP) is 4.08. The van der Waals surface area contributed by atoms with Crippen molar-refractivity contribution < 1.29 is 4.79 Å². The molecular formula is C18H20N4OS. The van der Waals surface area contributed by atoms with Gasteiger partial charge in [-0.3, -0.25) is 9.78 Å². The monoisotopic (exact) mass is 340 g/mol. The van der Waals surface area contributed by atoms with Crippen LogP contribution in [0, 0.1) is 13.8 Å². The number of carbonyl (C=O) groups is 1. The summed E-state index contributed by atoms with van der Waals surface area (Å²) in [6.45, 7) is 6.02. The summed E-state index contributed by atoms with van der Waals surface area (Å²) >= 11 is 1.45. The van der Waals surface area contributed by atoms with Gasteiger partial charge < -0.3 is 10.3 Å². The quantitative estimate of drug-likeness (QED) is 0.687.